The summed E-state index contributed by atoms with van der Waals surface area (Å²) in [5, 5.41) is 7.31. The predicted octanol–water partition coefficient (Wildman–Crippen LogP) is 2.68. The minimum absolute atomic E-state index is 0.186. The molecule has 1 aliphatic rings. The summed E-state index contributed by atoms with van der Waals surface area (Å²) >= 11 is 0. The van der Waals surface area contributed by atoms with Crippen LogP contribution in [0.15, 0.2) is 30.5 Å². The van der Waals surface area contributed by atoms with Gasteiger partial charge in [-0.3, -0.25) is 14.7 Å². The average Bonchev–Trinajstić information content (AvgIpc) is 3.04. The van der Waals surface area contributed by atoms with E-state index in [4.69, 9.17) is 0 Å². The zero-order valence-corrected chi connectivity index (χ0v) is 13.5. The van der Waals surface area contributed by atoms with Gasteiger partial charge < -0.3 is 4.90 Å². The van der Waals surface area contributed by atoms with Crippen molar-refractivity contribution in [3.05, 3.63) is 41.7 Å². The predicted molar refractivity (Wildman–Crippen MR) is 88.0 cm³/mol. The fourth-order valence-electron chi connectivity index (χ4n) is 3.19. The SMILES string of the molecule is CC(=O)C(=O)N1CCC[C@@H](c2[nH]ncc2-c2ccc(C)cc2)C1. The first kappa shape index (κ1) is 15.5. The number of carbonyl (C=O) groups excluding carboxylic acids is 2. The van der Waals surface area contributed by atoms with Crippen LogP contribution in [-0.4, -0.2) is 39.9 Å². The third-order valence-corrected chi connectivity index (χ3v) is 4.45. The smallest absolute Gasteiger partial charge is 0.289 e. The number of amides is 1. The van der Waals surface area contributed by atoms with Crippen LogP contribution in [0.1, 0.15) is 36.9 Å². The van der Waals surface area contributed by atoms with E-state index in [-0.39, 0.29) is 11.8 Å². The molecule has 2 heterocycles. The molecule has 120 valence electrons. The number of H-pyrrole nitrogens is 1. The van der Waals surface area contributed by atoms with E-state index in [0.29, 0.717) is 13.1 Å². The Labute approximate surface area is 135 Å². The number of Topliss-reactive ketones (excluding diaryl/α,β-unsaturated/α-hetero) is 1. The molecule has 2 aromatic rings. The summed E-state index contributed by atoms with van der Waals surface area (Å²) in [4.78, 5) is 25.0. The van der Waals surface area contributed by atoms with Crippen molar-refractivity contribution < 1.29 is 9.59 Å². The number of nitrogens with zero attached hydrogens (tertiary/aromatic N) is 2. The molecular weight excluding hydrogens is 290 g/mol. The van der Waals surface area contributed by atoms with Gasteiger partial charge in [-0.05, 0) is 25.3 Å². The Balaban J connectivity index is 1.85. The highest BCUT2D eigenvalue weighted by molar-refractivity contribution is 6.35. The van der Waals surface area contributed by atoms with Crippen LogP contribution in [0.5, 0.6) is 0 Å². The molecule has 1 saturated heterocycles. The van der Waals surface area contributed by atoms with E-state index in [9.17, 15) is 9.59 Å². The fraction of sp³-hybridized carbons (Fsp3) is 0.389. The second kappa shape index (κ2) is 6.36. The minimum Gasteiger partial charge on any atom is -0.335 e. The second-order valence-corrected chi connectivity index (χ2v) is 6.21. The minimum atomic E-state index is -0.394. The topological polar surface area (TPSA) is 66.1 Å². The van der Waals surface area contributed by atoms with Gasteiger partial charge in [0.05, 0.1) is 6.20 Å². The first-order valence-electron chi connectivity index (χ1n) is 7.96. The van der Waals surface area contributed by atoms with Crippen molar-refractivity contribution in [1.29, 1.82) is 0 Å². The molecule has 5 heteroatoms. The van der Waals surface area contributed by atoms with Crippen molar-refractivity contribution in [2.45, 2.75) is 32.6 Å². The zero-order valence-electron chi connectivity index (χ0n) is 13.5. The van der Waals surface area contributed by atoms with Gasteiger partial charge >= 0.3 is 0 Å². The molecule has 0 spiro atoms. The number of hydrogen-bond donors (Lipinski definition) is 1. The van der Waals surface area contributed by atoms with Crippen LogP contribution in [0.25, 0.3) is 11.1 Å². The Bertz CT molecular complexity index is 718. The Morgan fingerprint density at radius 1 is 1.26 bits per heavy atom. The Kier molecular flexibility index (Phi) is 4.28. The average molecular weight is 311 g/mol. The maximum atomic E-state index is 12.0. The highest BCUT2D eigenvalue weighted by Crippen LogP contribution is 2.33. The van der Waals surface area contributed by atoms with Gasteiger partial charge in [-0.1, -0.05) is 29.8 Å². The Morgan fingerprint density at radius 3 is 2.70 bits per heavy atom. The number of aromatic amines is 1. The molecule has 3 rings (SSSR count). The number of nitrogens with one attached hydrogen (secondary N) is 1. The van der Waals surface area contributed by atoms with Crippen LogP contribution in [0.2, 0.25) is 0 Å². The lowest BCUT2D eigenvalue weighted by Crippen LogP contribution is -2.42. The molecule has 1 aromatic carbocycles. The molecule has 1 amide bonds. The molecule has 1 N–H and O–H groups in total. The third kappa shape index (κ3) is 3.18. The summed E-state index contributed by atoms with van der Waals surface area (Å²) in [6.07, 6.45) is 3.73. The molecule has 0 aliphatic carbocycles. The zero-order chi connectivity index (χ0) is 16.4. The van der Waals surface area contributed by atoms with E-state index < -0.39 is 5.78 Å². The van der Waals surface area contributed by atoms with E-state index in [2.05, 4.69) is 41.4 Å². The lowest BCUT2D eigenvalue weighted by atomic mass is 9.90. The van der Waals surface area contributed by atoms with Gasteiger partial charge in [0.15, 0.2) is 0 Å². The number of carbonyl (C=O) groups is 2. The second-order valence-electron chi connectivity index (χ2n) is 6.21. The van der Waals surface area contributed by atoms with Crippen molar-refractivity contribution in [3.63, 3.8) is 0 Å². The molecular formula is C18H21N3O2. The summed E-state index contributed by atoms with van der Waals surface area (Å²) in [6, 6.07) is 8.34. The molecule has 0 bridgehead atoms. The van der Waals surface area contributed by atoms with Crippen LogP contribution in [0, 0.1) is 6.92 Å². The van der Waals surface area contributed by atoms with Crippen molar-refractivity contribution in [2.75, 3.05) is 13.1 Å². The lowest BCUT2D eigenvalue weighted by molar-refractivity contribution is -0.144. The van der Waals surface area contributed by atoms with E-state index in [0.717, 1.165) is 29.7 Å². The normalized spacial score (nSPS) is 18.0. The van der Waals surface area contributed by atoms with Gasteiger partial charge in [0.25, 0.3) is 5.91 Å². The molecule has 1 atom stereocenters. The monoisotopic (exact) mass is 311 g/mol. The number of hydrogen-bond acceptors (Lipinski definition) is 3. The van der Waals surface area contributed by atoms with Crippen molar-refractivity contribution in [2.24, 2.45) is 0 Å². The fourth-order valence-corrected chi connectivity index (χ4v) is 3.19. The van der Waals surface area contributed by atoms with Crippen LogP contribution < -0.4 is 0 Å². The van der Waals surface area contributed by atoms with Gasteiger partial charge in [-0.15, -0.1) is 0 Å². The van der Waals surface area contributed by atoms with Crippen molar-refractivity contribution in [1.82, 2.24) is 15.1 Å². The maximum absolute atomic E-state index is 12.0. The third-order valence-electron chi connectivity index (χ3n) is 4.45. The van der Waals surface area contributed by atoms with Gasteiger partial charge in [0, 0.05) is 37.2 Å². The van der Waals surface area contributed by atoms with Gasteiger partial charge in [-0.25, -0.2) is 0 Å². The first-order valence-corrected chi connectivity index (χ1v) is 7.96. The first-order chi connectivity index (χ1) is 11.1. The van der Waals surface area contributed by atoms with Crippen LogP contribution in [0.3, 0.4) is 0 Å². The molecule has 0 saturated carbocycles. The summed E-state index contributed by atoms with van der Waals surface area (Å²) in [5.74, 6) is -0.592. The summed E-state index contributed by atoms with van der Waals surface area (Å²) in [5.41, 5.74) is 4.46. The molecule has 0 unspecified atom stereocenters. The van der Waals surface area contributed by atoms with E-state index >= 15 is 0 Å². The number of aromatic nitrogens is 2. The highest BCUT2D eigenvalue weighted by atomic mass is 16.2. The van der Waals surface area contributed by atoms with Crippen LogP contribution in [0.4, 0.5) is 0 Å². The Morgan fingerprint density at radius 2 is 2.00 bits per heavy atom. The van der Waals surface area contributed by atoms with E-state index in [1.807, 2.05) is 6.20 Å². The summed E-state index contributed by atoms with van der Waals surface area (Å²) < 4.78 is 0. The molecule has 1 aliphatic heterocycles. The number of rotatable bonds is 3. The highest BCUT2D eigenvalue weighted by Gasteiger charge is 2.29. The van der Waals surface area contributed by atoms with E-state index in [1.165, 1.54) is 12.5 Å². The lowest BCUT2D eigenvalue weighted by Gasteiger charge is -2.32. The number of ketones is 1. The number of aryl methyl sites for hydroxylation is 1. The summed E-state index contributed by atoms with van der Waals surface area (Å²) in [6.45, 7) is 4.62. The van der Waals surface area contributed by atoms with Crippen molar-refractivity contribution in [3.8, 4) is 11.1 Å². The molecule has 0 radical (unpaired) electrons. The summed E-state index contributed by atoms with van der Waals surface area (Å²) in [7, 11) is 0. The van der Waals surface area contributed by atoms with Gasteiger partial charge in [-0.2, -0.15) is 5.10 Å². The molecule has 1 aromatic heterocycles. The standard InChI is InChI=1S/C18H21N3O2/c1-12-5-7-14(8-6-12)16-10-19-20-17(16)15-4-3-9-21(11-15)18(23)13(2)22/h5-8,10,15H,3-4,9,11H2,1-2H3,(H,19,20)/t15-/m1/s1. The Hall–Kier alpha value is -2.43. The molecule has 5 nitrogen and oxygen atoms in total. The van der Waals surface area contributed by atoms with E-state index in [1.54, 1.807) is 4.90 Å². The van der Waals surface area contributed by atoms with Crippen LogP contribution in [-0.2, 0) is 9.59 Å². The van der Waals surface area contributed by atoms with Gasteiger partial charge in [0.1, 0.15) is 0 Å². The number of benzene rings is 1. The number of likely N-dealkylation sites (tertiary alicyclic amines) is 1. The quantitative estimate of drug-likeness (QED) is 0.886. The number of piperidine rings is 1. The van der Waals surface area contributed by atoms with Crippen molar-refractivity contribution >= 4 is 11.7 Å². The largest absolute Gasteiger partial charge is 0.335 e. The van der Waals surface area contributed by atoms with Crippen LogP contribution >= 0.6 is 0 Å². The maximum Gasteiger partial charge on any atom is 0.289 e. The molecule has 1 fully saturated rings. The van der Waals surface area contributed by atoms with Gasteiger partial charge in [0.2, 0.25) is 5.78 Å². The molecule has 23 heavy (non-hydrogen) atoms.